The number of hydrogen-bond donors (Lipinski definition) is 3. The Kier molecular flexibility index (Phi) is 3.41. The van der Waals surface area contributed by atoms with Crippen molar-refractivity contribution < 1.29 is 4.79 Å². The SMILES string of the molecule is Nc1ccc(NC(=O)C2CCCCN2)cc1. The van der Waals surface area contributed by atoms with E-state index in [1.54, 1.807) is 12.1 Å². The largest absolute Gasteiger partial charge is 0.399 e. The van der Waals surface area contributed by atoms with Gasteiger partial charge < -0.3 is 16.4 Å². The van der Waals surface area contributed by atoms with Crippen molar-refractivity contribution >= 4 is 17.3 Å². The molecule has 4 N–H and O–H groups in total. The monoisotopic (exact) mass is 219 g/mol. The molecule has 0 spiro atoms. The Balaban J connectivity index is 1.93. The molecule has 1 atom stereocenters. The summed E-state index contributed by atoms with van der Waals surface area (Å²) in [6.07, 6.45) is 3.19. The Labute approximate surface area is 95.2 Å². The van der Waals surface area contributed by atoms with Gasteiger partial charge >= 0.3 is 0 Å². The fourth-order valence-corrected chi connectivity index (χ4v) is 1.87. The number of hydrogen-bond acceptors (Lipinski definition) is 3. The standard InChI is InChI=1S/C12H17N3O/c13-9-4-6-10(7-5-9)15-12(16)11-3-1-2-8-14-11/h4-7,11,14H,1-3,8,13H2,(H,15,16). The van der Waals surface area contributed by atoms with Crippen LogP contribution in [0.25, 0.3) is 0 Å². The number of carbonyl (C=O) groups excluding carboxylic acids is 1. The van der Waals surface area contributed by atoms with E-state index in [4.69, 9.17) is 5.73 Å². The third-order valence-corrected chi connectivity index (χ3v) is 2.81. The molecule has 0 aliphatic carbocycles. The molecule has 1 aliphatic rings. The molecule has 0 bridgehead atoms. The first-order chi connectivity index (χ1) is 7.75. The highest BCUT2D eigenvalue weighted by atomic mass is 16.2. The van der Waals surface area contributed by atoms with Crippen LogP contribution in [0.4, 0.5) is 11.4 Å². The lowest BCUT2D eigenvalue weighted by Gasteiger charge is -2.22. The van der Waals surface area contributed by atoms with Gasteiger partial charge in [-0.15, -0.1) is 0 Å². The van der Waals surface area contributed by atoms with Crippen LogP contribution in [-0.2, 0) is 4.79 Å². The van der Waals surface area contributed by atoms with Gasteiger partial charge in [-0.25, -0.2) is 0 Å². The molecule has 4 nitrogen and oxygen atoms in total. The number of amides is 1. The van der Waals surface area contributed by atoms with Crippen LogP contribution in [0.2, 0.25) is 0 Å². The molecule has 0 radical (unpaired) electrons. The van der Waals surface area contributed by atoms with Gasteiger partial charge in [0.1, 0.15) is 0 Å². The van der Waals surface area contributed by atoms with Crippen molar-refractivity contribution in [1.82, 2.24) is 5.32 Å². The molecule has 2 rings (SSSR count). The molecule has 0 aromatic heterocycles. The first-order valence-electron chi connectivity index (χ1n) is 5.65. The minimum absolute atomic E-state index is 0.0458. The molecule has 16 heavy (non-hydrogen) atoms. The molecule has 1 aromatic rings. The number of nitrogen functional groups attached to an aromatic ring is 1. The minimum atomic E-state index is -0.0497. The van der Waals surface area contributed by atoms with Crippen LogP contribution in [0.1, 0.15) is 19.3 Å². The highest BCUT2D eigenvalue weighted by Crippen LogP contribution is 2.13. The summed E-state index contributed by atoms with van der Waals surface area (Å²) in [5.41, 5.74) is 7.08. The van der Waals surface area contributed by atoms with E-state index >= 15 is 0 Å². The molecule has 1 aliphatic heterocycles. The maximum atomic E-state index is 11.8. The summed E-state index contributed by atoms with van der Waals surface area (Å²) in [6.45, 7) is 0.930. The van der Waals surface area contributed by atoms with Crippen molar-refractivity contribution in [3.05, 3.63) is 24.3 Å². The highest BCUT2D eigenvalue weighted by molar-refractivity contribution is 5.94. The van der Waals surface area contributed by atoms with E-state index in [-0.39, 0.29) is 11.9 Å². The summed E-state index contributed by atoms with van der Waals surface area (Å²) < 4.78 is 0. The summed E-state index contributed by atoms with van der Waals surface area (Å²) in [5, 5.41) is 6.10. The average molecular weight is 219 g/mol. The molecule has 0 saturated carbocycles. The van der Waals surface area contributed by atoms with Crippen molar-refractivity contribution in [2.24, 2.45) is 0 Å². The zero-order chi connectivity index (χ0) is 11.4. The molecule has 4 heteroatoms. The van der Waals surface area contributed by atoms with E-state index < -0.39 is 0 Å². The molecule has 1 fully saturated rings. The van der Waals surface area contributed by atoms with E-state index in [0.29, 0.717) is 5.69 Å². The predicted octanol–water partition coefficient (Wildman–Crippen LogP) is 1.35. The van der Waals surface area contributed by atoms with E-state index in [1.165, 1.54) is 0 Å². The van der Waals surface area contributed by atoms with Gasteiger partial charge in [-0.3, -0.25) is 4.79 Å². The van der Waals surface area contributed by atoms with Crippen LogP contribution in [-0.4, -0.2) is 18.5 Å². The Morgan fingerprint density at radius 1 is 1.31 bits per heavy atom. The van der Waals surface area contributed by atoms with Crippen molar-refractivity contribution in [2.45, 2.75) is 25.3 Å². The maximum absolute atomic E-state index is 11.8. The van der Waals surface area contributed by atoms with Gasteiger partial charge in [-0.1, -0.05) is 6.42 Å². The van der Waals surface area contributed by atoms with Gasteiger partial charge in [-0.2, -0.15) is 0 Å². The summed E-state index contributed by atoms with van der Waals surface area (Å²) >= 11 is 0. The van der Waals surface area contributed by atoms with Crippen LogP contribution in [0.3, 0.4) is 0 Å². The summed E-state index contributed by atoms with van der Waals surface area (Å²) in [4.78, 5) is 11.8. The normalized spacial score (nSPS) is 20.4. The molecule has 1 unspecified atom stereocenters. The van der Waals surface area contributed by atoms with Crippen LogP contribution in [0.15, 0.2) is 24.3 Å². The topological polar surface area (TPSA) is 67.1 Å². The van der Waals surface area contributed by atoms with Crippen molar-refractivity contribution in [3.63, 3.8) is 0 Å². The maximum Gasteiger partial charge on any atom is 0.241 e. The van der Waals surface area contributed by atoms with Crippen LogP contribution in [0, 0.1) is 0 Å². The Morgan fingerprint density at radius 2 is 2.06 bits per heavy atom. The minimum Gasteiger partial charge on any atom is -0.399 e. The van der Waals surface area contributed by atoms with Crippen molar-refractivity contribution in [1.29, 1.82) is 0 Å². The van der Waals surface area contributed by atoms with E-state index in [2.05, 4.69) is 10.6 Å². The fourth-order valence-electron chi connectivity index (χ4n) is 1.87. The Morgan fingerprint density at radius 3 is 2.69 bits per heavy atom. The van der Waals surface area contributed by atoms with Gasteiger partial charge in [0.25, 0.3) is 0 Å². The number of rotatable bonds is 2. The van der Waals surface area contributed by atoms with Gasteiger partial charge in [-0.05, 0) is 43.7 Å². The lowest BCUT2D eigenvalue weighted by atomic mass is 10.0. The Hall–Kier alpha value is -1.55. The molecular formula is C12H17N3O. The van der Waals surface area contributed by atoms with Crippen LogP contribution in [0.5, 0.6) is 0 Å². The molecule has 1 heterocycles. The molecule has 1 saturated heterocycles. The summed E-state index contributed by atoms with van der Waals surface area (Å²) in [6, 6.07) is 7.14. The third-order valence-electron chi connectivity index (χ3n) is 2.81. The van der Waals surface area contributed by atoms with Gasteiger partial charge in [0.2, 0.25) is 5.91 Å². The van der Waals surface area contributed by atoms with E-state index in [1.807, 2.05) is 12.1 Å². The van der Waals surface area contributed by atoms with E-state index in [9.17, 15) is 4.79 Å². The average Bonchev–Trinajstić information content (AvgIpc) is 2.33. The van der Waals surface area contributed by atoms with Crippen LogP contribution >= 0.6 is 0 Å². The van der Waals surface area contributed by atoms with Gasteiger partial charge in [0.05, 0.1) is 6.04 Å². The molecule has 1 aromatic carbocycles. The summed E-state index contributed by atoms with van der Waals surface area (Å²) in [7, 11) is 0. The Bertz CT molecular complexity index is 355. The second-order valence-corrected chi connectivity index (χ2v) is 4.11. The van der Waals surface area contributed by atoms with Gasteiger partial charge in [0.15, 0.2) is 0 Å². The smallest absolute Gasteiger partial charge is 0.241 e. The number of anilines is 2. The van der Waals surface area contributed by atoms with Crippen LogP contribution < -0.4 is 16.4 Å². The second kappa shape index (κ2) is 4.99. The zero-order valence-electron chi connectivity index (χ0n) is 9.20. The first kappa shape index (κ1) is 11.0. The molecule has 1 amide bonds. The number of benzene rings is 1. The fraction of sp³-hybridized carbons (Fsp3) is 0.417. The third kappa shape index (κ3) is 2.73. The predicted molar refractivity (Wildman–Crippen MR) is 65.1 cm³/mol. The number of nitrogens with one attached hydrogen (secondary N) is 2. The zero-order valence-corrected chi connectivity index (χ0v) is 9.20. The van der Waals surface area contributed by atoms with E-state index in [0.717, 1.165) is 31.5 Å². The molecular weight excluding hydrogens is 202 g/mol. The lowest BCUT2D eigenvalue weighted by Crippen LogP contribution is -2.43. The van der Waals surface area contributed by atoms with Gasteiger partial charge in [0, 0.05) is 11.4 Å². The quantitative estimate of drug-likeness (QED) is 0.658. The summed E-state index contributed by atoms with van der Waals surface area (Å²) in [5.74, 6) is 0.0458. The molecule has 86 valence electrons. The number of piperidine rings is 1. The number of nitrogens with two attached hydrogens (primary N) is 1. The van der Waals surface area contributed by atoms with Crippen molar-refractivity contribution in [3.8, 4) is 0 Å². The lowest BCUT2D eigenvalue weighted by molar-refractivity contribution is -0.118. The van der Waals surface area contributed by atoms with Crippen molar-refractivity contribution in [2.75, 3.05) is 17.6 Å². The number of carbonyl (C=O) groups is 1. The highest BCUT2D eigenvalue weighted by Gasteiger charge is 2.20. The second-order valence-electron chi connectivity index (χ2n) is 4.11. The first-order valence-corrected chi connectivity index (χ1v) is 5.65.